The summed E-state index contributed by atoms with van der Waals surface area (Å²) in [5.41, 5.74) is -1.45. The molecule has 13 heteroatoms. The highest BCUT2D eigenvalue weighted by atomic mass is 35.5. The topological polar surface area (TPSA) is 149 Å². The van der Waals surface area contributed by atoms with Crippen LogP contribution in [0.2, 0.25) is 5.02 Å². The lowest BCUT2D eigenvalue weighted by atomic mass is 9.77. The zero-order valence-corrected chi connectivity index (χ0v) is 30.4. The van der Waals surface area contributed by atoms with Gasteiger partial charge in [0, 0.05) is 28.9 Å². The molecular formula is C37H46ClN3O8S. The molecule has 0 unspecified atom stereocenters. The summed E-state index contributed by atoms with van der Waals surface area (Å²) in [6.45, 7) is 9.46. The van der Waals surface area contributed by atoms with Crippen LogP contribution in [0.4, 0.5) is 0 Å². The highest BCUT2D eigenvalue weighted by molar-refractivity contribution is 7.93. The number of Topliss-reactive ketones (excluding diaryl/α,β-unsaturated/α-hetero) is 1. The van der Waals surface area contributed by atoms with E-state index in [1.807, 2.05) is 20.8 Å². The van der Waals surface area contributed by atoms with Crippen molar-refractivity contribution in [1.29, 1.82) is 0 Å². The molecule has 0 spiro atoms. The Hall–Kier alpha value is -3.51. The van der Waals surface area contributed by atoms with Crippen LogP contribution in [0.1, 0.15) is 78.6 Å². The number of aromatic nitrogens is 1. The smallest absolute Gasteiger partial charge is 0.306 e. The third-order valence-corrected chi connectivity index (χ3v) is 13.0. The highest BCUT2D eigenvalue weighted by Gasteiger charge is 2.61. The minimum absolute atomic E-state index is 0.0421. The van der Waals surface area contributed by atoms with Crippen LogP contribution >= 0.6 is 11.6 Å². The van der Waals surface area contributed by atoms with Crippen molar-refractivity contribution in [3.63, 3.8) is 0 Å². The zero-order valence-electron chi connectivity index (χ0n) is 28.9. The molecule has 4 fully saturated rings. The first-order chi connectivity index (χ1) is 23.6. The van der Waals surface area contributed by atoms with Crippen molar-refractivity contribution in [2.45, 2.75) is 108 Å². The molecule has 2 amide bonds. The van der Waals surface area contributed by atoms with Gasteiger partial charge in [0.15, 0.2) is 15.6 Å². The molecule has 2 aromatic rings. The Balaban J connectivity index is 1.27. The van der Waals surface area contributed by atoms with E-state index in [0.29, 0.717) is 34.5 Å². The number of nitrogens with zero attached hydrogens (tertiary/aromatic N) is 2. The average molecular weight is 728 g/mol. The Labute approximate surface area is 298 Å². The minimum Gasteiger partial charge on any atom is -0.488 e. The van der Waals surface area contributed by atoms with Crippen molar-refractivity contribution in [3.8, 4) is 5.75 Å². The second kappa shape index (κ2) is 13.9. The Kier molecular flexibility index (Phi) is 10.1. The number of hydrogen-bond donors (Lipinski definition) is 1. The maximum atomic E-state index is 14.5. The van der Waals surface area contributed by atoms with E-state index in [1.54, 1.807) is 36.5 Å². The molecule has 1 N–H and O–H groups in total. The number of likely N-dealkylation sites (tertiary alicyclic amines) is 1. The quantitative estimate of drug-likeness (QED) is 0.223. The maximum absolute atomic E-state index is 14.5. The number of carbonyl (C=O) groups is 4. The lowest BCUT2D eigenvalue weighted by molar-refractivity contribution is -0.156. The van der Waals surface area contributed by atoms with Crippen LogP contribution in [0.25, 0.3) is 10.9 Å². The van der Waals surface area contributed by atoms with Crippen LogP contribution in [0.3, 0.4) is 0 Å². The van der Waals surface area contributed by atoms with Crippen LogP contribution in [0.5, 0.6) is 5.75 Å². The van der Waals surface area contributed by atoms with Gasteiger partial charge in [0.05, 0.1) is 29.7 Å². The van der Waals surface area contributed by atoms with E-state index in [9.17, 15) is 27.6 Å². The van der Waals surface area contributed by atoms with Gasteiger partial charge in [-0.25, -0.2) is 8.42 Å². The fourth-order valence-electron chi connectivity index (χ4n) is 7.39. The molecule has 0 radical (unpaired) electrons. The SMILES string of the molecule is C=C[C@@H]1C[C@]1(NC(=O)[C@@H]1C[C@@H](Oc2ccnc3cc(Cl)ccc23)CN1C(=O)[C@@H](CC(=O)OC1CCCC1)C(C)(C)C)C(=O)CS(=O)(=O)C1CC1. The number of carbonyl (C=O) groups excluding carboxylic acids is 4. The number of nitrogens with one attached hydrogen (secondary N) is 1. The first-order valence-corrected chi connectivity index (χ1v) is 19.6. The third kappa shape index (κ3) is 7.71. The zero-order chi connectivity index (χ0) is 36.0. The Bertz CT molecular complexity index is 1800. The molecule has 11 nitrogen and oxygen atoms in total. The summed E-state index contributed by atoms with van der Waals surface area (Å²) in [5, 5.41) is 3.58. The molecule has 5 atom stereocenters. The summed E-state index contributed by atoms with van der Waals surface area (Å²) in [5.74, 6) is -3.41. The molecular weight excluding hydrogens is 682 g/mol. The van der Waals surface area contributed by atoms with E-state index in [0.717, 1.165) is 25.7 Å². The number of fused-ring (bicyclic) bond motifs is 1. The second-order valence-electron chi connectivity index (χ2n) is 15.4. The number of ether oxygens (including phenoxy) is 2. The molecule has 1 aromatic heterocycles. The van der Waals surface area contributed by atoms with Gasteiger partial charge in [-0.3, -0.25) is 24.2 Å². The van der Waals surface area contributed by atoms with Crippen molar-refractivity contribution in [1.82, 2.24) is 15.2 Å². The standard InChI is InChI=1S/C37H46ClN3O8S/c1-5-22-19-37(22,32(42)21-50(46,47)26-11-12-26)40-34(44)30-17-25(48-31-14-15-39-29-16-23(38)10-13-27(29)31)20-41(30)35(45)28(36(2,3)4)18-33(43)49-24-8-6-7-9-24/h5,10,13-16,22,24-26,28,30H,1,6-9,11-12,17-21H2,2-4H3,(H,40,44)/t22-,25-,28-,30+,37-/m1/s1. The second-order valence-corrected chi connectivity index (χ2v) is 18.1. The number of amides is 2. The lowest BCUT2D eigenvalue weighted by Crippen LogP contribution is -2.55. The molecule has 2 heterocycles. The van der Waals surface area contributed by atoms with Crippen molar-refractivity contribution < 1.29 is 37.1 Å². The monoisotopic (exact) mass is 727 g/mol. The van der Waals surface area contributed by atoms with Gasteiger partial charge in [0.2, 0.25) is 11.8 Å². The van der Waals surface area contributed by atoms with Gasteiger partial charge >= 0.3 is 5.97 Å². The van der Waals surface area contributed by atoms with Crippen LogP contribution in [-0.4, -0.2) is 83.2 Å². The van der Waals surface area contributed by atoms with Crippen molar-refractivity contribution >= 4 is 55.9 Å². The summed E-state index contributed by atoms with van der Waals surface area (Å²) >= 11 is 6.19. The van der Waals surface area contributed by atoms with E-state index in [-0.39, 0.29) is 31.9 Å². The van der Waals surface area contributed by atoms with Crippen LogP contribution < -0.4 is 10.1 Å². The van der Waals surface area contributed by atoms with Gasteiger partial charge in [-0.2, -0.15) is 0 Å². The fraction of sp³-hybridized carbons (Fsp3) is 0.595. The number of hydrogen-bond acceptors (Lipinski definition) is 9. The first-order valence-electron chi connectivity index (χ1n) is 17.5. The van der Waals surface area contributed by atoms with Gasteiger partial charge in [0.1, 0.15) is 35.3 Å². The van der Waals surface area contributed by atoms with E-state index >= 15 is 0 Å². The highest BCUT2D eigenvalue weighted by Crippen LogP contribution is 2.46. The number of rotatable bonds is 13. The fourth-order valence-corrected chi connectivity index (χ4v) is 9.27. The van der Waals surface area contributed by atoms with Crippen LogP contribution in [0.15, 0.2) is 43.1 Å². The maximum Gasteiger partial charge on any atom is 0.306 e. The van der Waals surface area contributed by atoms with Crippen molar-refractivity contribution in [2.24, 2.45) is 17.3 Å². The predicted molar refractivity (Wildman–Crippen MR) is 188 cm³/mol. The summed E-state index contributed by atoms with van der Waals surface area (Å²) in [7, 11) is -3.63. The molecule has 4 aliphatic rings. The summed E-state index contributed by atoms with van der Waals surface area (Å²) in [4.78, 5) is 61.3. The first kappa shape index (κ1) is 36.3. The minimum atomic E-state index is -3.63. The number of pyridine rings is 1. The van der Waals surface area contributed by atoms with E-state index < -0.39 is 79.3 Å². The number of halogens is 1. The van der Waals surface area contributed by atoms with E-state index in [1.165, 1.54) is 4.90 Å². The van der Waals surface area contributed by atoms with Gasteiger partial charge < -0.3 is 19.7 Å². The Morgan fingerprint density at radius 1 is 1.12 bits per heavy atom. The van der Waals surface area contributed by atoms with Crippen LogP contribution in [-0.2, 0) is 33.8 Å². The average Bonchev–Trinajstić information content (AvgIpc) is 3.93. The number of sulfone groups is 1. The molecule has 3 saturated carbocycles. The number of esters is 1. The molecule has 0 bridgehead atoms. The van der Waals surface area contributed by atoms with Gasteiger partial charge in [-0.05, 0) is 74.6 Å². The van der Waals surface area contributed by atoms with Gasteiger partial charge in [-0.15, -0.1) is 6.58 Å². The molecule has 50 heavy (non-hydrogen) atoms. The molecule has 1 aromatic carbocycles. The lowest BCUT2D eigenvalue weighted by Gasteiger charge is -2.35. The number of ketones is 1. The summed E-state index contributed by atoms with van der Waals surface area (Å²) in [6, 6.07) is 5.89. The molecule has 1 aliphatic heterocycles. The largest absolute Gasteiger partial charge is 0.488 e. The van der Waals surface area contributed by atoms with Crippen molar-refractivity contribution in [3.05, 3.63) is 48.1 Å². The Morgan fingerprint density at radius 2 is 1.84 bits per heavy atom. The van der Waals surface area contributed by atoms with Crippen LogP contribution in [0, 0.1) is 17.3 Å². The van der Waals surface area contributed by atoms with Gasteiger partial charge in [0.25, 0.3) is 0 Å². The van der Waals surface area contributed by atoms with Crippen molar-refractivity contribution in [2.75, 3.05) is 12.3 Å². The summed E-state index contributed by atoms with van der Waals surface area (Å²) in [6.07, 6.45) is 7.20. The molecule has 6 rings (SSSR count). The van der Waals surface area contributed by atoms with E-state index in [4.69, 9.17) is 21.1 Å². The van der Waals surface area contributed by atoms with Gasteiger partial charge in [-0.1, -0.05) is 38.4 Å². The molecule has 270 valence electrons. The third-order valence-electron chi connectivity index (χ3n) is 10.6. The molecule has 3 aliphatic carbocycles. The van der Waals surface area contributed by atoms with E-state index in [2.05, 4.69) is 16.9 Å². The Morgan fingerprint density at radius 3 is 2.48 bits per heavy atom. The normalized spacial score (nSPS) is 26.0. The molecule has 1 saturated heterocycles. The summed E-state index contributed by atoms with van der Waals surface area (Å²) < 4.78 is 37.7. The number of benzene rings is 1. The predicted octanol–water partition coefficient (Wildman–Crippen LogP) is 4.98.